The summed E-state index contributed by atoms with van der Waals surface area (Å²) in [5, 5.41) is 5.37. The SMILES string of the molecule is C=C(C)C(CCC)NC(=O)C1CCCNN(C(=C)Cc2ccccc2)C1CCCC=O. The van der Waals surface area contributed by atoms with Gasteiger partial charge in [0.05, 0.1) is 12.0 Å². The first kappa shape index (κ1) is 24.9. The molecule has 1 saturated heterocycles. The average molecular weight is 426 g/mol. The molecular weight excluding hydrogens is 386 g/mol. The minimum atomic E-state index is -0.159. The summed E-state index contributed by atoms with van der Waals surface area (Å²) in [5.41, 5.74) is 6.65. The van der Waals surface area contributed by atoms with Crippen LogP contribution in [0.3, 0.4) is 0 Å². The minimum absolute atomic E-state index is 0.00491. The Hall–Kier alpha value is -2.40. The lowest BCUT2D eigenvalue weighted by molar-refractivity contribution is -0.128. The molecule has 0 radical (unpaired) electrons. The molecule has 2 rings (SSSR count). The van der Waals surface area contributed by atoms with Crippen LogP contribution in [-0.4, -0.2) is 35.8 Å². The predicted molar refractivity (Wildman–Crippen MR) is 127 cm³/mol. The number of allylic oxidation sites excluding steroid dienone is 1. The number of unbranched alkanes of at least 4 members (excludes halogenated alkanes) is 1. The number of nitrogens with zero attached hydrogens (tertiary/aromatic N) is 1. The van der Waals surface area contributed by atoms with Crippen LogP contribution in [0.25, 0.3) is 0 Å². The van der Waals surface area contributed by atoms with E-state index in [1.54, 1.807) is 0 Å². The van der Waals surface area contributed by atoms with Crippen molar-refractivity contribution in [3.05, 3.63) is 60.3 Å². The molecule has 1 heterocycles. The van der Waals surface area contributed by atoms with E-state index in [0.29, 0.717) is 6.42 Å². The number of carbonyl (C=O) groups is 2. The number of nitrogens with one attached hydrogen (secondary N) is 2. The predicted octanol–water partition coefficient (Wildman–Crippen LogP) is 4.56. The Balaban J connectivity index is 2.22. The number of hydrogen-bond acceptors (Lipinski definition) is 4. The van der Waals surface area contributed by atoms with Gasteiger partial charge in [-0.25, -0.2) is 5.43 Å². The monoisotopic (exact) mass is 425 g/mol. The maximum atomic E-state index is 13.4. The first-order chi connectivity index (χ1) is 15.0. The van der Waals surface area contributed by atoms with Crippen LogP contribution in [0.1, 0.15) is 64.4 Å². The van der Waals surface area contributed by atoms with Gasteiger partial charge in [0.1, 0.15) is 6.29 Å². The number of amides is 1. The topological polar surface area (TPSA) is 61.4 Å². The maximum Gasteiger partial charge on any atom is 0.225 e. The van der Waals surface area contributed by atoms with Gasteiger partial charge in [-0.05, 0) is 44.6 Å². The van der Waals surface area contributed by atoms with Gasteiger partial charge in [-0.1, -0.05) is 62.4 Å². The molecule has 5 nitrogen and oxygen atoms in total. The third kappa shape index (κ3) is 7.66. The van der Waals surface area contributed by atoms with E-state index in [4.69, 9.17) is 0 Å². The van der Waals surface area contributed by atoms with Crippen molar-refractivity contribution >= 4 is 12.2 Å². The number of carbonyl (C=O) groups excluding carboxylic acids is 2. The fourth-order valence-electron chi connectivity index (χ4n) is 4.33. The van der Waals surface area contributed by atoms with Crippen molar-refractivity contribution in [3.8, 4) is 0 Å². The van der Waals surface area contributed by atoms with Crippen molar-refractivity contribution < 1.29 is 9.59 Å². The van der Waals surface area contributed by atoms with E-state index in [9.17, 15) is 9.59 Å². The highest BCUT2D eigenvalue weighted by atomic mass is 16.2. The molecule has 1 amide bonds. The third-order valence-corrected chi connectivity index (χ3v) is 6.01. The Labute approximate surface area is 187 Å². The van der Waals surface area contributed by atoms with Gasteiger partial charge in [0.2, 0.25) is 5.91 Å². The van der Waals surface area contributed by atoms with E-state index in [1.165, 1.54) is 5.56 Å². The summed E-state index contributed by atoms with van der Waals surface area (Å²) in [6, 6.07) is 10.2. The molecule has 5 heteroatoms. The Morgan fingerprint density at radius 1 is 1.32 bits per heavy atom. The zero-order chi connectivity index (χ0) is 22.6. The van der Waals surface area contributed by atoms with Crippen LogP contribution in [0.2, 0.25) is 0 Å². The second kappa shape index (κ2) is 13.1. The quantitative estimate of drug-likeness (QED) is 0.293. The van der Waals surface area contributed by atoms with Crippen LogP contribution < -0.4 is 10.7 Å². The molecular formula is C26H39N3O2. The van der Waals surface area contributed by atoms with Gasteiger partial charge < -0.3 is 15.1 Å². The van der Waals surface area contributed by atoms with E-state index >= 15 is 0 Å². The molecule has 1 aliphatic heterocycles. The molecule has 3 unspecified atom stereocenters. The fourth-order valence-corrected chi connectivity index (χ4v) is 4.33. The van der Waals surface area contributed by atoms with Crippen LogP contribution in [0, 0.1) is 5.92 Å². The van der Waals surface area contributed by atoms with Crippen LogP contribution in [0.15, 0.2) is 54.8 Å². The zero-order valence-electron chi connectivity index (χ0n) is 19.2. The molecule has 0 saturated carbocycles. The van der Waals surface area contributed by atoms with Crippen molar-refractivity contribution in [2.75, 3.05) is 6.54 Å². The highest BCUT2D eigenvalue weighted by Gasteiger charge is 2.35. The van der Waals surface area contributed by atoms with Crippen LogP contribution in [-0.2, 0) is 16.0 Å². The Bertz CT molecular complexity index is 731. The van der Waals surface area contributed by atoms with E-state index < -0.39 is 0 Å². The van der Waals surface area contributed by atoms with Crippen molar-refractivity contribution in [2.24, 2.45) is 5.92 Å². The molecule has 0 aliphatic carbocycles. The molecule has 0 bridgehead atoms. The Morgan fingerprint density at radius 3 is 2.71 bits per heavy atom. The molecule has 2 N–H and O–H groups in total. The number of aldehydes is 1. The second-order valence-corrected chi connectivity index (χ2v) is 8.62. The van der Waals surface area contributed by atoms with Crippen molar-refractivity contribution in [1.82, 2.24) is 15.8 Å². The maximum absolute atomic E-state index is 13.4. The second-order valence-electron chi connectivity index (χ2n) is 8.62. The lowest BCUT2D eigenvalue weighted by atomic mass is 9.89. The van der Waals surface area contributed by atoms with Crippen LogP contribution in [0.4, 0.5) is 0 Å². The summed E-state index contributed by atoms with van der Waals surface area (Å²) in [6.07, 6.45) is 7.33. The first-order valence-electron chi connectivity index (χ1n) is 11.6. The van der Waals surface area contributed by atoms with Gasteiger partial charge in [-0.15, -0.1) is 0 Å². The lowest BCUT2D eigenvalue weighted by Gasteiger charge is -2.38. The summed E-state index contributed by atoms with van der Waals surface area (Å²) >= 11 is 0. The van der Waals surface area contributed by atoms with E-state index in [-0.39, 0.29) is 23.9 Å². The number of hydrazine groups is 1. The highest BCUT2D eigenvalue weighted by Crippen LogP contribution is 2.28. The van der Waals surface area contributed by atoms with Gasteiger partial charge in [0.25, 0.3) is 0 Å². The summed E-state index contributed by atoms with van der Waals surface area (Å²) in [7, 11) is 0. The Morgan fingerprint density at radius 2 is 2.06 bits per heavy atom. The third-order valence-electron chi connectivity index (χ3n) is 6.01. The standard InChI is InChI=1S/C26H39N3O2/c1-5-12-24(20(2)3)28-26(31)23-15-11-17-27-29(25(23)16-9-10-18-30)21(4)19-22-13-7-6-8-14-22/h6-8,13-14,18,23-25,27H,2,4-5,9-12,15-17,19H2,1,3H3,(H,28,31). The molecule has 1 aliphatic rings. The summed E-state index contributed by atoms with van der Waals surface area (Å²) in [5.74, 6) is -0.0772. The van der Waals surface area contributed by atoms with Gasteiger partial charge >= 0.3 is 0 Å². The van der Waals surface area contributed by atoms with E-state index in [1.807, 2.05) is 25.1 Å². The number of benzene rings is 1. The summed E-state index contributed by atoms with van der Waals surface area (Å²) < 4.78 is 0. The molecule has 31 heavy (non-hydrogen) atoms. The van der Waals surface area contributed by atoms with Crippen molar-refractivity contribution in [3.63, 3.8) is 0 Å². The first-order valence-corrected chi connectivity index (χ1v) is 11.6. The Kier molecular flexibility index (Phi) is 10.5. The summed E-state index contributed by atoms with van der Waals surface area (Å²) in [4.78, 5) is 24.3. The highest BCUT2D eigenvalue weighted by molar-refractivity contribution is 5.80. The van der Waals surface area contributed by atoms with Crippen LogP contribution >= 0.6 is 0 Å². The number of hydrogen-bond donors (Lipinski definition) is 2. The lowest BCUT2D eigenvalue weighted by Crippen LogP contribution is -2.51. The van der Waals surface area contributed by atoms with Crippen LogP contribution in [0.5, 0.6) is 0 Å². The van der Waals surface area contributed by atoms with E-state index in [2.05, 4.69) is 48.0 Å². The van der Waals surface area contributed by atoms with Crippen molar-refractivity contribution in [1.29, 1.82) is 0 Å². The fraction of sp³-hybridized carbons (Fsp3) is 0.538. The zero-order valence-corrected chi connectivity index (χ0v) is 19.2. The van der Waals surface area contributed by atoms with Gasteiger partial charge in [0, 0.05) is 31.1 Å². The molecule has 170 valence electrons. The molecule has 1 fully saturated rings. The molecule has 1 aromatic rings. The molecule has 0 spiro atoms. The van der Waals surface area contributed by atoms with Gasteiger partial charge in [0.15, 0.2) is 0 Å². The van der Waals surface area contributed by atoms with E-state index in [0.717, 1.165) is 69.0 Å². The van der Waals surface area contributed by atoms with Gasteiger partial charge in [-0.2, -0.15) is 0 Å². The minimum Gasteiger partial charge on any atom is -0.349 e. The molecule has 1 aromatic carbocycles. The molecule has 0 aromatic heterocycles. The normalized spacial score (nSPS) is 19.9. The number of rotatable bonds is 12. The largest absolute Gasteiger partial charge is 0.349 e. The smallest absolute Gasteiger partial charge is 0.225 e. The molecule has 3 atom stereocenters. The average Bonchev–Trinajstić information content (AvgIpc) is 2.97. The van der Waals surface area contributed by atoms with Crippen molar-refractivity contribution in [2.45, 2.75) is 77.3 Å². The van der Waals surface area contributed by atoms with Gasteiger partial charge in [-0.3, -0.25) is 4.79 Å². The summed E-state index contributed by atoms with van der Waals surface area (Å²) in [6.45, 7) is 13.3.